The van der Waals surface area contributed by atoms with Crippen LogP contribution in [0.2, 0.25) is 0 Å². The maximum Gasteiger partial charge on any atom is 0.182 e. The van der Waals surface area contributed by atoms with Crippen LogP contribution in [0.15, 0.2) is 69.9 Å². The third kappa shape index (κ3) is 2.48. The Morgan fingerprint density at radius 3 is 2.56 bits per heavy atom. The smallest absolute Gasteiger partial charge is 0.182 e. The molecule has 25 heavy (non-hydrogen) atoms. The van der Waals surface area contributed by atoms with Crippen LogP contribution in [0.5, 0.6) is 5.75 Å². The van der Waals surface area contributed by atoms with Gasteiger partial charge in [-0.1, -0.05) is 24.3 Å². The highest BCUT2D eigenvalue weighted by Gasteiger charge is 2.20. The molecule has 0 radical (unpaired) electrons. The lowest BCUT2D eigenvalue weighted by Crippen LogP contribution is -2.02. The molecule has 4 nitrogen and oxygen atoms in total. The lowest BCUT2D eigenvalue weighted by atomic mass is 9.90. The molecule has 0 unspecified atom stereocenters. The van der Waals surface area contributed by atoms with Gasteiger partial charge in [-0.15, -0.1) is 0 Å². The molecule has 0 bridgehead atoms. The Morgan fingerprint density at radius 1 is 0.960 bits per heavy atom. The van der Waals surface area contributed by atoms with Gasteiger partial charge in [0.25, 0.3) is 0 Å². The molecule has 0 spiro atoms. The van der Waals surface area contributed by atoms with Crippen LogP contribution in [-0.2, 0) is 0 Å². The van der Waals surface area contributed by atoms with Crippen molar-refractivity contribution < 1.29 is 14.3 Å². The molecule has 4 heteroatoms. The zero-order chi connectivity index (χ0) is 17.6. The van der Waals surface area contributed by atoms with Crippen molar-refractivity contribution in [2.45, 2.75) is 6.92 Å². The molecule has 2 aromatic carbocycles. The second-order valence-electron chi connectivity index (χ2n) is 5.92. The number of rotatable bonds is 2. The fourth-order valence-corrected chi connectivity index (χ4v) is 3.16. The number of carbonyl (C=O) groups excluding carboxylic acids is 1. The van der Waals surface area contributed by atoms with E-state index in [1.165, 1.54) is 25.1 Å². The van der Waals surface area contributed by atoms with E-state index in [0.717, 1.165) is 22.1 Å². The number of Topliss-reactive ketones (excluding diaryl/α,β-unsaturated/α-hetero) is 1. The van der Waals surface area contributed by atoms with Crippen LogP contribution in [0.1, 0.15) is 17.3 Å². The molecule has 1 aliphatic heterocycles. The average molecular weight is 330 g/mol. The first-order valence-electron chi connectivity index (χ1n) is 7.84. The highest BCUT2D eigenvalue weighted by molar-refractivity contribution is 6.09. The molecule has 4 rings (SSSR count). The second-order valence-corrected chi connectivity index (χ2v) is 5.92. The van der Waals surface area contributed by atoms with E-state index < -0.39 is 0 Å². The summed E-state index contributed by atoms with van der Waals surface area (Å²) < 4.78 is 5.83. The number of phenols is 1. The van der Waals surface area contributed by atoms with Crippen molar-refractivity contribution in [3.8, 4) is 28.2 Å². The van der Waals surface area contributed by atoms with Crippen LogP contribution in [0.4, 0.5) is 0 Å². The third-order valence-corrected chi connectivity index (χ3v) is 4.25. The van der Waals surface area contributed by atoms with E-state index in [4.69, 9.17) is 4.42 Å². The lowest BCUT2D eigenvalue weighted by molar-refractivity contribution is 0.101. The first-order chi connectivity index (χ1) is 12.0. The van der Waals surface area contributed by atoms with Gasteiger partial charge in [-0.3, -0.25) is 9.59 Å². The van der Waals surface area contributed by atoms with Crippen molar-refractivity contribution in [3.63, 3.8) is 0 Å². The van der Waals surface area contributed by atoms with Gasteiger partial charge in [0.05, 0.1) is 0 Å². The number of benzene rings is 3. The normalized spacial score (nSPS) is 11.1. The topological polar surface area (TPSA) is 67.5 Å². The minimum Gasteiger partial charge on any atom is -0.508 e. The first-order valence-corrected chi connectivity index (χ1v) is 7.84. The predicted molar refractivity (Wildman–Crippen MR) is 96.2 cm³/mol. The molecule has 1 aliphatic carbocycles. The highest BCUT2D eigenvalue weighted by atomic mass is 16.3. The summed E-state index contributed by atoms with van der Waals surface area (Å²) >= 11 is 0. The minimum atomic E-state index is -0.165. The largest absolute Gasteiger partial charge is 0.508 e. The van der Waals surface area contributed by atoms with Gasteiger partial charge >= 0.3 is 0 Å². The monoisotopic (exact) mass is 330 g/mol. The molecule has 0 aromatic heterocycles. The summed E-state index contributed by atoms with van der Waals surface area (Å²) in [5, 5.41) is 10.5. The molecule has 0 fully saturated rings. The van der Waals surface area contributed by atoms with E-state index in [2.05, 4.69) is 0 Å². The number of hydrogen-bond donors (Lipinski definition) is 1. The van der Waals surface area contributed by atoms with E-state index in [-0.39, 0.29) is 17.0 Å². The highest BCUT2D eigenvalue weighted by Crippen LogP contribution is 2.41. The van der Waals surface area contributed by atoms with E-state index in [9.17, 15) is 14.7 Å². The zero-order valence-electron chi connectivity index (χ0n) is 13.4. The predicted octanol–water partition coefficient (Wildman–Crippen LogP) is 4.47. The summed E-state index contributed by atoms with van der Waals surface area (Å²) in [4.78, 5) is 23.9. The quantitative estimate of drug-likeness (QED) is 0.435. The van der Waals surface area contributed by atoms with Crippen LogP contribution in [0.25, 0.3) is 33.4 Å². The number of phenolic OH excluding ortho intramolecular Hbond substituents is 1. The van der Waals surface area contributed by atoms with E-state index in [1.54, 1.807) is 24.3 Å². The summed E-state index contributed by atoms with van der Waals surface area (Å²) in [5.74, 6) is 0.440. The van der Waals surface area contributed by atoms with Gasteiger partial charge < -0.3 is 9.52 Å². The fourth-order valence-electron chi connectivity index (χ4n) is 3.16. The molecule has 1 heterocycles. The molecule has 0 saturated carbocycles. The molecule has 0 amide bonds. The van der Waals surface area contributed by atoms with Crippen LogP contribution >= 0.6 is 0 Å². The maximum absolute atomic E-state index is 12.1. The van der Waals surface area contributed by atoms with Gasteiger partial charge in [-0.05, 0) is 36.8 Å². The Hall–Kier alpha value is -3.40. The molecule has 122 valence electrons. The summed E-state index contributed by atoms with van der Waals surface area (Å²) in [6.07, 6.45) is 0. The first kappa shape index (κ1) is 15.1. The Kier molecular flexibility index (Phi) is 3.39. The Morgan fingerprint density at radius 2 is 1.76 bits per heavy atom. The van der Waals surface area contributed by atoms with Crippen molar-refractivity contribution in [3.05, 3.63) is 76.5 Å². The maximum atomic E-state index is 12.1. The van der Waals surface area contributed by atoms with Gasteiger partial charge in [0.1, 0.15) is 17.1 Å². The van der Waals surface area contributed by atoms with Gasteiger partial charge in [-0.25, -0.2) is 0 Å². The van der Waals surface area contributed by atoms with Gasteiger partial charge in [0.2, 0.25) is 0 Å². The van der Waals surface area contributed by atoms with Crippen molar-refractivity contribution >= 4 is 16.8 Å². The number of ketones is 1. The number of aromatic hydroxyl groups is 1. The van der Waals surface area contributed by atoms with Crippen molar-refractivity contribution in [1.29, 1.82) is 0 Å². The molecule has 2 aliphatic rings. The third-order valence-electron chi connectivity index (χ3n) is 4.25. The summed E-state index contributed by atoms with van der Waals surface area (Å²) in [6.45, 7) is 1.53. The Balaban J connectivity index is 2.22. The van der Waals surface area contributed by atoms with Crippen LogP contribution in [0.3, 0.4) is 0 Å². The molecule has 0 saturated heterocycles. The Bertz CT molecular complexity index is 1150. The van der Waals surface area contributed by atoms with E-state index in [1.807, 2.05) is 18.2 Å². The van der Waals surface area contributed by atoms with Crippen molar-refractivity contribution in [1.82, 2.24) is 0 Å². The second kappa shape index (κ2) is 5.60. The SMILES string of the molecule is CC(=O)c1ccccc1-c1c2ccc(=O)cc-2oc2cc(O)ccc12. The lowest BCUT2D eigenvalue weighted by Gasteiger charge is -2.16. The molecule has 1 N–H and O–H groups in total. The van der Waals surface area contributed by atoms with Gasteiger partial charge in [0.15, 0.2) is 11.2 Å². The van der Waals surface area contributed by atoms with Crippen molar-refractivity contribution in [2.24, 2.45) is 0 Å². The summed E-state index contributed by atoms with van der Waals surface area (Å²) in [6, 6.07) is 16.8. The summed E-state index contributed by atoms with van der Waals surface area (Å²) in [7, 11) is 0. The van der Waals surface area contributed by atoms with Crippen LogP contribution < -0.4 is 5.43 Å². The van der Waals surface area contributed by atoms with Gasteiger partial charge in [-0.2, -0.15) is 0 Å². The number of carbonyl (C=O) groups is 1. The molecule has 2 aromatic rings. The number of hydrogen-bond acceptors (Lipinski definition) is 4. The van der Waals surface area contributed by atoms with Gasteiger partial charge in [0, 0.05) is 34.2 Å². The molecular weight excluding hydrogens is 316 g/mol. The summed E-state index contributed by atoms with van der Waals surface area (Å²) in [5.41, 5.74) is 3.20. The zero-order valence-corrected chi connectivity index (χ0v) is 13.4. The minimum absolute atomic E-state index is 0.0445. The fraction of sp³-hybridized carbons (Fsp3) is 0.0476. The molecule has 0 atom stereocenters. The number of fused-ring (bicyclic) bond motifs is 2. The average Bonchev–Trinajstić information content (AvgIpc) is 2.59. The standard InChI is InChI=1S/C21H14O4/c1-12(22)15-4-2-3-5-16(15)21-17-8-6-13(23)10-19(17)25-20-11-14(24)7-9-18(20)21/h2-11,23H,1H3. The van der Waals surface area contributed by atoms with Crippen LogP contribution in [0, 0.1) is 0 Å². The van der Waals surface area contributed by atoms with E-state index in [0.29, 0.717) is 16.9 Å². The van der Waals surface area contributed by atoms with E-state index >= 15 is 0 Å². The van der Waals surface area contributed by atoms with Crippen LogP contribution in [-0.4, -0.2) is 10.9 Å². The molecular formula is C21H14O4. The Labute approximate surface area is 143 Å². The van der Waals surface area contributed by atoms with Crippen molar-refractivity contribution in [2.75, 3.05) is 0 Å².